The summed E-state index contributed by atoms with van der Waals surface area (Å²) in [6.45, 7) is 5.30. The van der Waals surface area contributed by atoms with Gasteiger partial charge in [-0.25, -0.2) is 0 Å². The first-order valence-corrected chi connectivity index (χ1v) is 7.54. The van der Waals surface area contributed by atoms with Gasteiger partial charge in [-0.2, -0.15) is 0 Å². The van der Waals surface area contributed by atoms with Crippen LogP contribution in [0.1, 0.15) is 32.7 Å². The van der Waals surface area contributed by atoms with E-state index in [1.807, 2.05) is 4.57 Å². The quantitative estimate of drug-likeness (QED) is 0.833. The highest BCUT2D eigenvalue weighted by molar-refractivity contribution is 7.99. The molecule has 6 nitrogen and oxygen atoms in total. The van der Waals surface area contributed by atoms with Crippen LogP contribution in [-0.2, 0) is 4.79 Å². The molecule has 1 aromatic rings. The van der Waals surface area contributed by atoms with Gasteiger partial charge in [0.1, 0.15) is 6.33 Å². The van der Waals surface area contributed by atoms with Crippen molar-refractivity contribution >= 4 is 17.7 Å². The van der Waals surface area contributed by atoms with Crippen molar-refractivity contribution in [3.8, 4) is 0 Å². The predicted octanol–water partition coefficient (Wildman–Crippen LogP) is 0.934. The molecule has 2 rings (SSSR count). The second kappa shape index (κ2) is 6.38. The summed E-state index contributed by atoms with van der Waals surface area (Å²) >= 11 is 1.40. The molecule has 7 heteroatoms. The fraction of sp³-hybridized carbons (Fsp3) is 0.750. The molecule has 0 aromatic carbocycles. The minimum atomic E-state index is -0.373. The molecule has 1 saturated heterocycles. The van der Waals surface area contributed by atoms with E-state index in [1.165, 1.54) is 11.8 Å². The van der Waals surface area contributed by atoms with Crippen molar-refractivity contribution in [1.29, 1.82) is 0 Å². The molecule has 1 N–H and O–H groups in total. The zero-order chi connectivity index (χ0) is 13.8. The average Bonchev–Trinajstić information content (AvgIpc) is 2.84. The number of thioether (sulfide) groups is 1. The van der Waals surface area contributed by atoms with Crippen LogP contribution in [0.15, 0.2) is 11.5 Å². The molecule has 0 bridgehead atoms. The van der Waals surface area contributed by atoms with E-state index in [4.69, 9.17) is 0 Å². The fourth-order valence-corrected chi connectivity index (χ4v) is 3.04. The number of nitrogens with zero attached hydrogens (tertiary/aromatic N) is 4. The largest absolute Gasteiger partial charge is 0.391 e. The van der Waals surface area contributed by atoms with E-state index < -0.39 is 0 Å². The van der Waals surface area contributed by atoms with E-state index in [9.17, 15) is 9.90 Å². The maximum absolute atomic E-state index is 12.1. The molecule has 1 aromatic heterocycles. The second-order valence-corrected chi connectivity index (χ2v) is 5.98. The van der Waals surface area contributed by atoms with Gasteiger partial charge in [-0.1, -0.05) is 11.8 Å². The first-order chi connectivity index (χ1) is 9.08. The Bertz CT molecular complexity index is 435. The van der Waals surface area contributed by atoms with Crippen molar-refractivity contribution in [2.24, 2.45) is 0 Å². The van der Waals surface area contributed by atoms with Gasteiger partial charge in [0.2, 0.25) is 5.91 Å². The molecular formula is C12H20N4O2S. The summed E-state index contributed by atoms with van der Waals surface area (Å²) in [6, 6.07) is 0.282. The van der Waals surface area contributed by atoms with Crippen molar-refractivity contribution in [2.45, 2.75) is 44.0 Å². The van der Waals surface area contributed by atoms with Crippen molar-refractivity contribution in [2.75, 3.05) is 18.8 Å². The Kier molecular flexibility index (Phi) is 4.81. The highest BCUT2D eigenvalue weighted by Crippen LogP contribution is 2.20. The minimum absolute atomic E-state index is 0.0575. The molecule has 1 unspecified atom stereocenters. The lowest BCUT2D eigenvalue weighted by Crippen LogP contribution is -2.43. The van der Waals surface area contributed by atoms with Gasteiger partial charge in [-0.15, -0.1) is 10.2 Å². The van der Waals surface area contributed by atoms with Crippen LogP contribution in [0.2, 0.25) is 0 Å². The summed E-state index contributed by atoms with van der Waals surface area (Å²) in [5.74, 6) is 0.403. The van der Waals surface area contributed by atoms with Crippen LogP contribution in [-0.4, -0.2) is 55.6 Å². The number of piperidine rings is 1. The summed E-state index contributed by atoms with van der Waals surface area (Å²) in [5.41, 5.74) is 0. The van der Waals surface area contributed by atoms with Crippen LogP contribution in [0.25, 0.3) is 0 Å². The molecule has 2 heterocycles. The van der Waals surface area contributed by atoms with E-state index in [2.05, 4.69) is 24.0 Å². The summed E-state index contributed by atoms with van der Waals surface area (Å²) in [4.78, 5) is 13.8. The van der Waals surface area contributed by atoms with Gasteiger partial charge in [-0.3, -0.25) is 4.79 Å². The fourth-order valence-electron chi connectivity index (χ4n) is 2.09. The maximum atomic E-state index is 12.1. The van der Waals surface area contributed by atoms with Crippen molar-refractivity contribution in [1.82, 2.24) is 19.7 Å². The number of rotatable bonds is 4. The summed E-state index contributed by atoms with van der Waals surface area (Å²) < 4.78 is 1.95. The van der Waals surface area contributed by atoms with Crippen LogP contribution in [0.3, 0.4) is 0 Å². The Morgan fingerprint density at radius 1 is 1.63 bits per heavy atom. The van der Waals surface area contributed by atoms with Crippen molar-refractivity contribution < 1.29 is 9.90 Å². The van der Waals surface area contributed by atoms with Crippen molar-refractivity contribution in [3.05, 3.63) is 6.33 Å². The maximum Gasteiger partial charge on any atom is 0.233 e. The van der Waals surface area contributed by atoms with E-state index in [0.717, 1.165) is 24.5 Å². The van der Waals surface area contributed by atoms with E-state index in [0.29, 0.717) is 12.3 Å². The highest BCUT2D eigenvalue weighted by Gasteiger charge is 2.22. The first kappa shape index (κ1) is 14.3. The number of β-amino-alcohol motifs (C(OH)–C–C–N with tert-alkyl or cyclic N) is 1. The van der Waals surface area contributed by atoms with Gasteiger partial charge in [0.05, 0.1) is 11.9 Å². The van der Waals surface area contributed by atoms with Crippen LogP contribution in [0.5, 0.6) is 0 Å². The van der Waals surface area contributed by atoms with Gasteiger partial charge in [-0.05, 0) is 26.7 Å². The Morgan fingerprint density at radius 2 is 2.42 bits per heavy atom. The number of aliphatic hydroxyl groups excluding tert-OH is 1. The standard InChI is InChI=1S/C12H20N4O2S/c1-9(2)16-8-13-14-12(16)19-7-11(18)15-5-3-4-10(17)6-15/h8-10,17H,3-7H2,1-2H3. The molecule has 19 heavy (non-hydrogen) atoms. The second-order valence-electron chi connectivity index (χ2n) is 5.04. The lowest BCUT2D eigenvalue weighted by molar-refractivity contribution is -0.131. The van der Waals surface area contributed by atoms with E-state index >= 15 is 0 Å². The molecule has 1 aliphatic heterocycles. The molecule has 0 saturated carbocycles. The normalized spacial score (nSPS) is 20.0. The van der Waals surface area contributed by atoms with Gasteiger partial charge < -0.3 is 14.6 Å². The van der Waals surface area contributed by atoms with Crippen molar-refractivity contribution in [3.63, 3.8) is 0 Å². The molecule has 0 spiro atoms. The Hall–Kier alpha value is -1.08. The number of aliphatic hydroxyl groups is 1. The zero-order valence-corrected chi connectivity index (χ0v) is 12.1. The summed E-state index contributed by atoms with van der Waals surface area (Å²) in [7, 11) is 0. The van der Waals surface area contributed by atoms with Crippen LogP contribution in [0.4, 0.5) is 0 Å². The van der Waals surface area contributed by atoms with Gasteiger partial charge in [0.15, 0.2) is 5.16 Å². The lowest BCUT2D eigenvalue weighted by atomic mass is 10.1. The minimum Gasteiger partial charge on any atom is -0.391 e. The molecule has 1 atom stereocenters. The average molecular weight is 284 g/mol. The first-order valence-electron chi connectivity index (χ1n) is 6.56. The SMILES string of the molecule is CC(C)n1cnnc1SCC(=O)N1CCCC(O)C1. The summed E-state index contributed by atoms with van der Waals surface area (Å²) in [5, 5.41) is 18.2. The molecule has 1 aliphatic rings. The molecule has 1 fully saturated rings. The van der Waals surface area contributed by atoms with Crippen LogP contribution in [0, 0.1) is 0 Å². The number of carbonyl (C=O) groups excluding carboxylic acids is 1. The highest BCUT2D eigenvalue weighted by atomic mass is 32.2. The molecule has 106 valence electrons. The number of hydrogen-bond donors (Lipinski definition) is 1. The monoisotopic (exact) mass is 284 g/mol. The third kappa shape index (κ3) is 3.70. The van der Waals surface area contributed by atoms with Gasteiger partial charge >= 0.3 is 0 Å². The number of amides is 1. The number of hydrogen-bond acceptors (Lipinski definition) is 5. The zero-order valence-electron chi connectivity index (χ0n) is 11.3. The lowest BCUT2D eigenvalue weighted by Gasteiger charge is -2.30. The number of likely N-dealkylation sites (tertiary alicyclic amines) is 1. The Morgan fingerprint density at radius 3 is 3.11 bits per heavy atom. The molecule has 0 aliphatic carbocycles. The molecular weight excluding hydrogens is 264 g/mol. The Balaban J connectivity index is 1.87. The topological polar surface area (TPSA) is 71.2 Å². The third-order valence-electron chi connectivity index (χ3n) is 3.17. The number of aromatic nitrogens is 3. The van der Waals surface area contributed by atoms with Crippen LogP contribution < -0.4 is 0 Å². The smallest absolute Gasteiger partial charge is 0.233 e. The Labute approximate surface area is 117 Å². The third-order valence-corrected chi connectivity index (χ3v) is 4.11. The molecule has 1 amide bonds. The summed E-state index contributed by atoms with van der Waals surface area (Å²) in [6.07, 6.45) is 2.97. The van der Waals surface area contributed by atoms with Gasteiger partial charge in [0, 0.05) is 19.1 Å². The van der Waals surface area contributed by atoms with Gasteiger partial charge in [0.25, 0.3) is 0 Å². The van der Waals surface area contributed by atoms with E-state index in [-0.39, 0.29) is 18.1 Å². The molecule has 0 radical (unpaired) electrons. The predicted molar refractivity (Wildman–Crippen MR) is 73.0 cm³/mol. The number of carbonyl (C=O) groups is 1. The van der Waals surface area contributed by atoms with E-state index in [1.54, 1.807) is 11.2 Å². The van der Waals surface area contributed by atoms with Crippen LogP contribution >= 0.6 is 11.8 Å².